The Balaban J connectivity index is 1.72. The minimum atomic E-state index is -0.0469. The molecule has 2 aromatic rings. The maximum absolute atomic E-state index is 12.3. The number of benzene rings is 2. The summed E-state index contributed by atoms with van der Waals surface area (Å²) in [6.07, 6.45) is 0.981. The first-order valence-electron chi connectivity index (χ1n) is 7.45. The number of amides is 1. The molecule has 1 amide bonds. The van der Waals surface area contributed by atoms with Crippen molar-refractivity contribution in [3.05, 3.63) is 58.6 Å². The number of carbonyl (C=O) groups excluding carboxylic acids is 1. The lowest BCUT2D eigenvalue weighted by atomic mass is 10.1. The molecule has 0 fully saturated rings. The van der Waals surface area contributed by atoms with E-state index in [1.165, 1.54) is 5.56 Å². The van der Waals surface area contributed by atoms with Crippen LogP contribution in [0.15, 0.2) is 42.5 Å². The highest BCUT2D eigenvalue weighted by Gasteiger charge is 2.27. The molecule has 0 radical (unpaired) electrons. The molecule has 0 aromatic heterocycles. The Morgan fingerprint density at radius 2 is 2.09 bits per heavy atom. The molecule has 114 valence electrons. The Morgan fingerprint density at radius 3 is 2.86 bits per heavy atom. The third-order valence-corrected chi connectivity index (χ3v) is 4.37. The van der Waals surface area contributed by atoms with Crippen molar-refractivity contribution in [2.45, 2.75) is 26.3 Å². The average molecular weight is 315 g/mol. The Morgan fingerprint density at radius 1 is 1.32 bits per heavy atom. The van der Waals surface area contributed by atoms with Crippen molar-refractivity contribution in [3.8, 4) is 0 Å². The Hall–Kier alpha value is -2.00. The predicted octanol–water partition coefficient (Wildman–Crippen LogP) is 4.04. The maximum atomic E-state index is 12.3. The first-order valence-corrected chi connectivity index (χ1v) is 7.83. The molecule has 1 aliphatic heterocycles. The van der Waals surface area contributed by atoms with Crippen LogP contribution in [-0.4, -0.2) is 18.5 Å². The number of fused-ring (bicyclic) bond motifs is 1. The zero-order chi connectivity index (χ0) is 15.7. The summed E-state index contributed by atoms with van der Waals surface area (Å²) in [4.78, 5) is 14.5. The van der Waals surface area contributed by atoms with E-state index < -0.39 is 0 Å². The lowest BCUT2D eigenvalue weighted by Gasteiger charge is -2.24. The highest BCUT2D eigenvalue weighted by atomic mass is 35.5. The summed E-state index contributed by atoms with van der Waals surface area (Å²) in [6.45, 7) is 4.45. The first-order chi connectivity index (χ1) is 10.5. The lowest BCUT2D eigenvalue weighted by Crippen LogP contribution is -2.37. The summed E-state index contributed by atoms with van der Waals surface area (Å²) in [5.74, 6) is -0.0469. The molecule has 2 aromatic carbocycles. The fraction of sp³-hybridized carbons (Fsp3) is 0.278. The van der Waals surface area contributed by atoms with Gasteiger partial charge in [-0.2, -0.15) is 0 Å². The van der Waals surface area contributed by atoms with Crippen LogP contribution in [0.4, 0.5) is 11.4 Å². The second kappa shape index (κ2) is 6.01. The number of nitrogens with zero attached hydrogens (tertiary/aromatic N) is 1. The SMILES string of the molecule is Cc1ccc(NC(=O)CN2c3ccccc3CC2C)c(Cl)c1. The van der Waals surface area contributed by atoms with E-state index in [2.05, 4.69) is 29.3 Å². The zero-order valence-corrected chi connectivity index (χ0v) is 13.5. The van der Waals surface area contributed by atoms with Crippen molar-refractivity contribution in [1.29, 1.82) is 0 Å². The van der Waals surface area contributed by atoms with Crippen molar-refractivity contribution in [1.82, 2.24) is 0 Å². The summed E-state index contributed by atoms with van der Waals surface area (Å²) in [7, 11) is 0. The van der Waals surface area contributed by atoms with E-state index >= 15 is 0 Å². The molecular formula is C18H19ClN2O. The summed E-state index contributed by atoms with van der Waals surface area (Å²) in [6, 6.07) is 14.2. The van der Waals surface area contributed by atoms with Crippen LogP contribution in [0.1, 0.15) is 18.1 Å². The van der Waals surface area contributed by atoms with Gasteiger partial charge in [-0.25, -0.2) is 0 Å². The molecular weight excluding hydrogens is 296 g/mol. The normalized spacial score (nSPS) is 16.5. The van der Waals surface area contributed by atoms with Crippen molar-refractivity contribution in [2.24, 2.45) is 0 Å². The summed E-state index contributed by atoms with van der Waals surface area (Å²) in [5.41, 5.74) is 4.19. The van der Waals surface area contributed by atoms with Gasteiger partial charge in [0.25, 0.3) is 0 Å². The monoisotopic (exact) mass is 314 g/mol. The topological polar surface area (TPSA) is 32.3 Å². The number of hydrogen-bond acceptors (Lipinski definition) is 2. The van der Waals surface area contributed by atoms with Gasteiger partial charge in [0.15, 0.2) is 0 Å². The van der Waals surface area contributed by atoms with Gasteiger partial charge in [-0.1, -0.05) is 35.9 Å². The van der Waals surface area contributed by atoms with Crippen LogP contribution in [0.3, 0.4) is 0 Å². The molecule has 0 saturated heterocycles. The molecule has 22 heavy (non-hydrogen) atoms. The van der Waals surface area contributed by atoms with Gasteiger partial charge in [0, 0.05) is 11.7 Å². The fourth-order valence-corrected chi connectivity index (χ4v) is 3.22. The van der Waals surface area contributed by atoms with Gasteiger partial charge in [-0.15, -0.1) is 0 Å². The minimum Gasteiger partial charge on any atom is -0.359 e. The number of aryl methyl sites for hydroxylation is 1. The van der Waals surface area contributed by atoms with Gasteiger partial charge in [0.05, 0.1) is 17.3 Å². The third-order valence-electron chi connectivity index (χ3n) is 4.06. The molecule has 1 heterocycles. The van der Waals surface area contributed by atoms with Crippen LogP contribution in [0.25, 0.3) is 0 Å². The molecule has 1 unspecified atom stereocenters. The van der Waals surface area contributed by atoms with Crippen molar-refractivity contribution >= 4 is 28.9 Å². The van der Waals surface area contributed by atoms with E-state index in [9.17, 15) is 4.79 Å². The molecule has 0 spiro atoms. The average Bonchev–Trinajstić information content (AvgIpc) is 2.78. The number of para-hydroxylation sites is 1. The van der Waals surface area contributed by atoms with Gasteiger partial charge in [-0.3, -0.25) is 4.79 Å². The van der Waals surface area contributed by atoms with Crippen LogP contribution in [0, 0.1) is 6.92 Å². The fourth-order valence-electron chi connectivity index (χ4n) is 2.94. The lowest BCUT2D eigenvalue weighted by molar-refractivity contribution is -0.115. The molecule has 0 bridgehead atoms. The van der Waals surface area contributed by atoms with Crippen molar-refractivity contribution in [3.63, 3.8) is 0 Å². The van der Waals surface area contributed by atoms with Gasteiger partial charge >= 0.3 is 0 Å². The number of halogens is 1. The van der Waals surface area contributed by atoms with Crippen LogP contribution in [0.2, 0.25) is 5.02 Å². The van der Waals surface area contributed by atoms with Crippen molar-refractivity contribution in [2.75, 3.05) is 16.8 Å². The quantitative estimate of drug-likeness (QED) is 0.927. The molecule has 0 aliphatic carbocycles. The van der Waals surface area contributed by atoms with Gasteiger partial charge in [0.1, 0.15) is 0 Å². The van der Waals surface area contributed by atoms with Gasteiger partial charge < -0.3 is 10.2 Å². The molecule has 0 saturated carbocycles. The van der Waals surface area contributed by atoms with Crippen molar-refractivity contribution < 1.29 is 4.79 Å². The summed E-state index contributed by atoms with van der Waals surface area (Å²) in [5, 5.41) is 3.48. The Labute approximate surface area is 135 Å². The smallest absolute Gasteiger partial charge is 0.243 e. The van der Waals surface area contributed by atoms with Crippen LogP contribution < -0.4 is 10.2 Å². The molecule has 1 atom stereocenters. The number of nitrogens with one attached hydrogen (secondary N) is 1. The van der Waals surface area contributed by atoms with E-state index in [1.54, 1.807) is 0 Å². The van der Waals surface area contributed by atoms with Gasteiger partial charge in [-0.05, 0) is 49.6 Å². The number of rotatable bonds is 3. The maximum Gasteiger partial charge on any atom is 0.243 e. The molecule has 3 nitrogen and oxygen atoms in total. The largest absolute Gasteiger partial charge is 0.359 e. The molecule has 4 heteroatoms. The summed E-state index contributed by atoms with van der Waals surface area (Å²) < 4.78 is 0. The van der Waals surface area contributed by atoms with Crippen LogP contribution in [0.5, 0.6) is 0 Å². The zero-order valence-electron chi connectivity index (χ0n) is 12.8. The van der Waals surface area contributed by atoms with E-state index in [4.69, 9.17) is 11.6 Å². The van der Waals surface area contributed by atoms with E-state index in [-0.39, 0.29) is 5.91 Å². The number of anilines is 2. The predicted molar refractivity (Wildman–Crippen MR) is 91.8 cm³/mol. The molecule has 3 rings (SSSR count). The standard InChI is InChI=1S/C18H19ClN2O/c1-12-7-8-16(15(19)9-12)20-18(22)11-21-13(2)10-14-5-3-4-6-17(14)21/h3-9,13H,10-11H2,1-2H3,(H,20,22). The second-order valence-electron chi connectivity index (χ2n) is 5.84. The number of hydrogen-bond donors (Lipinski definition) is 1. The summed E-state index contributed by atoms with van der Waals surface area (Å²) >= 11 is 6.17. The van der Waals surface area contributed by atoms with Crippen LogP contribution >= 0.6 is 11.6 Å². The third kappa shape index (κ3) is 2.95. The van der Waals surface area contributed by atoms with Crippen LogP contribution in [-0.2, 0) is 11.2 Å². The Kier molecular flexibility index (Phi) is 4.08. The second-order valence-corrected chi connectivity index (χ2v) is 6.25. The van der Waals surface area contributed by atoms with E-state index in [0.29, 0.717) is 23.3 Å². The highest BCUT2D eigenvalue weighted by Crippen LogP contribution is 2.31. The highest BCUT2D eigenvalue weighted by molar-refractivity contribution is 6.33. The molecule has 1 aliphatic rings. The van der Waals surface area contributed by atoms with Gasteiger partial charge in [0.2, 0.25) is 5.91 Å². The first kappa shape index (κ1) is 14.9. The Bertz CT molecular complexity index is 714. The van der Waals surface area contributed by atoms with E-state index in [0.717, 1.165) is 17.7 Å². The number of carbonyl (C=O) groups is 1. The van der Waals surface area contributed by atoms with E-state index in [1.807, 2.05) is 37.3 Å². The minimum absolute atomic E-state index is 0.0469. The molecule has 1 N–H and O–H groups in total.